The molecule has 2 nitrogen and oxygen atoms in total. The summed E-state index contributed by atoms with van der Waals surface area (Å²) >= 11 is 3.09. The minimum atomic E-state index is -4.25. The molecule has 0 aliphatic rings. The molecular weight excluding hydrogens is 331 g/mol. The summed E-state index contributed by atoms with van der Waals surface area (Å²) < 4.78 is 36.2. The number of rotatable bonds is 4. The van der Waals surface area contributed by atoms with E-state index in [9.17, 15) is 18.0 Å². The summed E-state index contributed by atoms with van der Waals surface area (Å²) in [7, 11) is 0. The molecule has 0 aliphatic heterocycles. The standard InChI is InChI=1S/C11H11BrF3NOS/c1-7-2-3-8(9(12)6-7)10(17)16-4-5-18-11(13,14)15/h2-3,6H,4-5H2,1H3,(H,16,17). The van der Waals surface area contributed by atoms with Gasteiger partial charge in [0.15, 0.2) is 0 Å². The van der Waals surface area contributed by atoms with E-state index in [1.54, 1.807) is 18.2 Å². The van der Waals surface area contributed by atoms with Gasteiger partial charge in [0.25, 0.3) is 5.91 Å². The number of halogens is 4. The van der Waals surface area contributed by atoms with E-state index in [-0.39, 0.29) is 30.0 Å². The number of carbonyl (C=O) groups excluding carboxylic acids is 1. The van der Waals surface area contributed by atoms with E-state index in [1.165, 1.54) is 0 Å². The summed E-state index contributed by atoms with van der Waals surface area (Å²) in [6.45, 7) is 1.86. The zero-order chi connectivity index (χ0) is 13.8. The lowest BCUT2D eigenvalue weighted by atomic mass is 10.1. The largest absolute Gasteiger partial charge is 0.441 e. The molecule has 1 aromatic carbocycles. The van der Waals surface area contributed by atoms with Crippen LogP contribution in [0.4, 0.5) is 13.2 Å². The predicted molar refractivity (Wildman–Crippen MR) is 69.7 cm³/mol. The Hall–Kier alpha value is -0.690. The molecule has 0 unspecified atom stereocenters. The van der Waals surface area contributed by atoms with Gasteiger partial charge < -0.3 is 5.32 Å². The first kappa shape index (κ1) is 15.4. The van der Waals surface area contributed by atoms with Gasteiger partial charge >= 0.3 is 5.51 Å². The summed E-state index contributed by atoms with van der Waals surface area (Å²) in [6.07, 6.45) is 0. The first-order chi connectivity index (χ1) is 8.29. The Labute approximate surface area is 115 Å². The fourth-order valence-electron chi connectivity index (χ4n) is 1.23. The summed E-state index contributed by atoms with van der Waals surface area (Å²) in [5, 5.41) is 2.44. The maximum absolute atomic E-state index is 11.9. The maximum atomic E-state index is 11.9. The Bertz CT molecular complexity index is 437. The van der Waals surface area contributed by atoms with Gasteiger partial charge in [-0.2, -0.15) is 13.2 Å². The normalized spacial score (nSPS) is 11.4. The van der Waals surface area contributed by atoms with Crippen LogP contribution in [0.5, 0.6) is 0 Å². The van der Waals surface area contributed by atoms with Gasteiger partial charge in [0, 0.05) is 16.8 Å². The molecule has 1 rings (SSSR count). The summed E-state index contributed by atoms with van der Waals surface area (Å²) in [5.41, 5.74) is -2.85. The van der Waals surface area contributed by atoms with Crippen LogP contribution in [-0.4, -0.2) is 23.7 Å². The number of benzene rings is 1. The van der Waals surface area contributed by atoms with Crippen LogP contribution in [-0.2, 0) is 0 Å². The molecule has 1 amide bonds. The first-order valence-electron chi connectivity index (χ1n) is 5.04. The molecule has 18 heavy (non-hydrogen) atoms. The fraction of sp³-hybridized carbons (Fsp3) is 0.364. The van der Waals surface area contributed by atoms with Crippen LogP contribution in [0.3, 0.4) is 0 Å². The van der Waals surface area contributed by atoms with Crippen molar-refractivity contribution in [2.75, 3.05) is 12.3 Å². The molecule has 1 aromatic rings. The average Bonchev–Trinajstić information content (AvgIpc) is 2.22. The van der Waals surface area contributed by atoms with E-state index in [0.29, 0.717) is 10.0 Å². The third kappa shape index (κ3) is 5.30. The third-order valence-electron chi connectivity index (χ3n) is 2.02. The van der Waals surface area contributed by atoms with Gasteiger partial charge in [0.2, 0.25) is 0 Å². The third-order valence-corrected chi connectivity index (χ3v) is 3.41. The lowest BCUT2D eigenvalue weighted by Gasteiger charge is -2.08. The van der Waals surface area contributed by atoms with Crippen molar-refractivity contribution in [3.63, 3.8) is 0 Å². The molecule has 0 bridgehead atoms. The molecule has 0 aliphatic carbocycles. The molecular formula is C11H11BrF3NOS. The van der Waals surface area contributed by atoms with E-state index >= 15 is 0 Å². The van der Waals surface area contributed by atoms with Crippen molar-refractivity contribution in [1.82, 2.24) is 5.32 Å². The zero-order valence-corrected chi connectivity index (χ0v) is 11.9. The summed E-state index contributed by atoms with van der Waals surface area (Å²) in [6, 6.07) is 5.18. The second-order valence-electron chi connectivity index (χ2n) is 3.53. The van der Waals surface area contributed by atoms with Crippen LogP contribution >= 0.6 is 27.7 Å². The van der Waals surface area contributed by atoms with Crippen LogP contribution in [0.2, 0.25) is 0 Å². The van der Waals surface area contributed by atoms with E-state index in [0.717, 1.165) is 5.56 Å². The number of aryl methyl sites for hydroxylation is 1. The number of thioether (sulfide) groups is 1. The SMILES string of the molecule is Cc1ccc(C(=O)NCCSC(F)(F)F)c(Br)c1. The second kappa shape index (κ2) is 6.47. The zero-order valence-electron chi connectivity index (χ0n) is 9.47. The Morgan fingerprint density at radius 3 is 2.67 bits per heavy atom. The number of carbonyl (C=O) groups is 1. The number of hydrogen-bond donors (Lipinski definition) is 1. The predicted octanol–water partition coefficient (Wildman–Crippen LogP) is 3.74. The molecule has 0 spiro atoms. The smallest absolute Gasteiger partial charge is 0.351 e. The van der Waals surface area contributed by atoms with E-state index in [4.69, 9.17) is 0 Å². The molecule has 0 atom stereocenters. The number of alkyl halides is 3. The van der Waals surface area contributed by atoms with Crippen LogP contribution < -0.4 is 5.32 Å². The quantitative estimate of drug-likeness (QED) is 0.845. The molecule has 0 radical (unpaired) electrons. The minimum Gasteiger partial charge on any atom is -0.351 e. The van der Waals surface area contributed by atoms with E-state index in [1.807, 2.05) is 6.92 Å². The van der Waals surface area contributed by atoms with Gasteiger partial charge in [-0.3, -0.25) is 4.79 Å². The van der Waals surface area contributed by atoms with Gasteiger partial charge in [-0.15, -0.1) is 0 Å². The van der Waals surface area contributed by atoms with Crippen LogP contribution in [0.25, 0.3) is 0 Å². The van der Waals surface area contributed by atoms with Gasteiger partial charge in [-0.25, -0.2) is 0 Å². The van der Waals surface area contributed by atoms with Crippen LogP contribution in [0.1, 0.15) is 15.9 Å². The maximum Gasteiger partial charge on any atom is 0.441 e. The Morgan fingerprint density at radius 1 is 1.44 bits per heavy atom. The molecule has 0 fully saturated rings. The summed E-state index contributed by atoms with van der Waals surface area (Å²) in [5.74, 6) is -0.580. The minimum absolute atomic E-state index is 0.0245. The number of hydrogen-bond acceptors (Lipinski definition) is 2. The molecule has 100 valence electrons. The highest BCUT2D eigenvalue weighted by Gasteiger charge is 2.27. The molecule has 0 saturated carbocycles. The Balaban J connectivity index is 2.46. The van der Waals surface area contributed by atoms with Crippen LogP contribution in [0.15, 0.2) is 22.7 Å². The first-order valence-corrected chi connectivity index (χ1v) is 6.82. The van der Waals surface area contributed by atoms with Gasteiger partial charge in [-0.1, -0.05) is 6.07 Å². The van der Waals surface area contributed by atoms with Crippen molar-refractivity contribution in [1.29, 1.82) is 0 Å². The molecule has 0 saturated heterocycles. The van der Waals surface area contributed by atoms with Crippen molar-refractivity contribution in [3.8, 4) is 0 Å². The highest BCUT2D eigenvalue weighted by Crippen LogP contribution is 2.29. The number of amides is 1. The Morgan fingerprint density at radius 2 is 2.11 bits per heavy atom. The van der Waals surface area contributed by atoms with Crippen molar-refractivity contribution in [3.05, 3.63) is 33.8 Å². The topological polar surface area (TPSA) is 29.1 Å². The van der Waals surface area contributed by atoms with Crippen molar-refractivity contribution in [2.45, 2.75) is 12.4 Å². The monoisotopic (exact) mass is 341 g/mol. The molecule has 0 heterocycles. The summed E-state index contributed by atoms with van der Waals surface area (Å²) in [4.78, 5) is 11.7. The van der Waals surface area contributed by atoms with Crippen molar-refractivity contribution < 1.29 is 18.0 Å². The van der Waals surface area contributed by atoms with E-state index in [2.05, 4.69) is 21.2 Å². The van der Waals surface area contributed by atoms with E-state index < -0.39 is 5.51 Å². The molecule has 7 heteroatoms. The fourth-order valence-corrected chi connectivity index (χ4v) is 2.34. The van der Waals surface area contributed by atoms with Gasteiger partial charge in [-0.05, 0) is 52.3 Å². The van der Waals surface area contributed by atoms with Crippen molar-refractivity contribution in [2.24, 2.45) is 0 Å². The lowest BCUT2D eigenvalue weighted by Crippen LogP contribution is -2.26. The highest BCUT2D eigenvalue weighted by molar-refractivity contribution is 9.10. The molecule has 0 aromatic heterocycles. The number of nitrogens with one attached hydrogen (secondary N) is 1. The van der Waals surface area contributed by atoms with Gasteiger partial charge in [0.05, 0.1) is 5.56 Å². The van der Waals surface area contributed by atoms with Crippen molar-refractivity contribution >= 4 is 33.6 Å². The molecule has 1 N–H and O–H groups in total. The highest BCUT2D eigenvalue weighted by atomic mass is 79.9. The lowest BCUT2D eigenvalue weighted by molar-refractivity contribution is -0.0327. The van der Waals surface area contributed by atoms with Gasteiger partial charge in [0.1, 0.15) is 0 Å². The average molecular weight is 342 g/mol. The second-order valence-corrected chi connectivity index (χ2v) is 5.55. The Kier molecular flexibility index (Phi) is 5.52. The van der Waals surface area contributed by atoms with Crippen LogP contribution in [0, 0.1) is 6.92 Å².